The van der Waals surface area contributed by atoms with Crippen LogP contribution in [-0.4, -0.2) is 11.3 Å². The Hall–Kier alpha value is -0.0300. The van der Waals surface area contributed by atoms with E-state index in [1.165, 1.54) is 15.6 Å². The highest BCUT2D eigenvalue weighted by Gasteiger charge is 2.30. The zero-order valence-electron chi connectivity index (χ0n) is 7.75. The van der Waals surface area contributed by atoms with Crippen LogP contribution in [0.15, 0.2) is 34.2 Å². The van der Waals surface area contributed by atoms with Gasteiger partial charge in [-0.25, -0.2) is 4.99 Å². The largest absolute Gasteiger partial charge is 0.246 e. The molecule has 0 saturated carbocycles. The lowest BCUT2D eigenvalue weighted by Crippen LogP contribution is -1.98. The molecular formula is C10H12INS. The summed E-state index contributed by atoms with van der Waals surface area (Å²) in [6.07, 6.45) is 3.39. The lowest BCUT2D eigenvalue weighted by atomic mass is 10.3. The van der Waals surface area contributed by atoms with E-state index < -0.39 is 7.20 Å². The maximum absolute atomic E-state index is 4.67. The molecule has 0 aliphatic carbocycles. The number of para-hydroxylation sites is 1. The third-order valence-electron chi connectivity index (χ3n) is 2.27. The molecule has 1 aromatic carbocycles. The average Bonchev–Trinajstić information content (AvgIpc) is 2.39. The van der Waals surface area contributed by atoms with E-state index in [4.69, 9.17) is 0 Å². The second-order valence-electron chi connectivity index (χ2n) is 3.15. The molecule has 1 aliphatic rings. The summed E-state index contributed by atoms with van der Waals surface area (Å²) >= 11 is 2.57. The quantitative estimate of drug-likeness (QED) is 0.687. The van der Waals surface area contributed by atoms with Gasteiger partial charge in [0.2, 0.25) is 0 Å². The molecule has 70 valence electrons. The molecule has 3 heteroatoms. The maximum atomic E-state index is 4.67. The van der Waals surface area contributed by atoms with Crippen LogP contribution in [0.3, 0.4) is 0 Å². The van der Waals surface area contributed by atoms with Crippen molar-refractivity contribution in [2.24, 2.45) is 4.99 Å². The van der Waals surface area contributed by atoms with Crippen molar-refractivity contribution in [2.45, 2.75) is 18.2 Å². The monoisotopic (exact) mass is 305 g/mol. The Morgan fingerprint density at radius 3 is 2.69 bits per heavy atom. The van der Waals surface area contributed by atoms with Crippen molar-refractivity contribution < 1.29 is 0 Å². The van der Waals surface area contributed by atoms with E-state index in [-0.39, 0.29) is 0 Å². The van der Waals surface area contributed by atoms with Crippen LogP contribution in [-0.2, 0) is 0 Å². The van der Waals surface area contributed by atoms with Crippen molar-refractivity contribution >= 4 is 39.1 Å². The average molecular weight is 305 g/mol. The summed E-state index contributed by atoms with van der Waals surface area (Å²) in [5.74, 6) is 0. The molecule has 0 aromatic heterocycles. The zero-order chi connectivity index (χ0) is 9.47. The Balaban J connectivity index is 2.58. The number of fused-ring (bicyclic) bond motifs is 1. The molecular weight excluding hydrogens is 293 g/mol. The van der Waals surface area contributed by atoms with Gasteiger partial charge in [0.05, 0.1) is 10.7 Å². The molecule has 0 amide bonds. The Morgan fingerprint density at radius 2 is 2.08 bits per heavy atom. The van der Waals surface area contributed by atoms with Crippen LogP contribution < -0.4 is 0 Å². The highest BCUT2D eigenvalue weighted by atomic mass is 127. The van der Waals surface area contributed by atoms with Gasteiger partial charge in [-0.05, 0) is 46.0 Å². The van der Waals surface area contributed by atoms with E-state index in [0.29, 0.717) is 0 Å². The van der Waals surface area contributed by atoms with Gasteiger partial charge in [-0.2, -0.15) is 0 Å². The van der Waals surface area contributed by atoms with Crippen LogP contribution in [0.2, 0.25) is 0 Å². The van der Waals surface area contributed by atoms with Gasteiger partial charge < -0.3 is 0 Å². The lowest BCUT2D eigenvalue weighted by Gasteiger charge is -2.25. The highest BCUT2D eigenvalue weighted by molar-refractivity contribution is 14.2. The maximum Gasteiger partial charge on any atom is 0.0770 e. The summed E-state index contributed by atoms with van der Waals surface area (Å²) in [6.45, 7) is 2.19. The predicted molar refractivity (Wildman–Crippen MR) is 69.6 cm³/mol. The fourth-order valence-electron chi connectivity index (χ4n) is 1.57. The van der Waals surface area contributed by atoms with E-state index in [1.54, 1.807) is 0 Å². The topological polar surface area (TPSA) is 12.4 Å². The van der Waals surface area contributed by atoms with E-state index in [2.05, 4.69) is 63.6 Å². The normalized spacial score (nSPS) is 30.5. The molecule has 0 fully saturated rings. The Bertz CT molecular complexity index is 371. The van der Waals surface area contributed by atoms with Gasteiger partial charge in [0.15, 0.2) is 0 Å². The smallest absolute Gasteiger partial charge is 0.0770 e. The van der Waals surface area contributed by atoms with E-state index >= 15 is 0 Å². The summed E-state index contributed by atoms with van der Waals surface area (Å²) < 4.78 is 0. The minimum atomic E-state index is -0.776. The second kappa shape index (κ2) is 3.28. The molecule has 0 radical (unpaired) electrons. The van der Waals surface area contributed by atoms with Crippen LogP contribution in [0.1, 0.15) is 13.3 Å². The number of nitrogens with zero attached hydrogens (tertiary/aromatic N) is 1. The van der Waals surface area contributed by atoms with Crippen LogP contribution in [0.4, 0.5) is 5.69 Å². The van der Waals surface area contributed by atoms with Gasteiger partial charge in [-0.15, -0.1) is 7.20 Å². The third kappa shape index (κ3) is 1.42. The summed E-state index contributed by atoms with van der Waals surface area (Å²) in [4.78, 5) is 6.11. The summed E-state index contributed by atoms with van der Waals surface area (Å²) in [5, 5.41) is 1.37. The Kier molecular flexibility index (Phi) is 2.40. The number of rotatable bonds is 1. The number of aliphatic imine (C=N–C) groups is 1. The van der Waals surface area contributed by atoms with E-state index in [0.717, 1.165) is 6.42 Å². The Labute approximate surface area is 92.5 Å². The fraction of sp³-hybridized carbons (Fsp3) is 0.300. The third-order valence-corrected chi connectivity index (χ3v) is 7.65. The molecule has 0 N–H and O–H groups in total. The molecule has 13 heavy (non-hydrogen) atoms. The summed E-state index contributed by atoms with van der Waals surface area (Å²) in [7, 11) is -0.776. The van der Waals surface area contributed by atoms with Gasteiger partial charge in [0.1, 0.15) is 0 Å². The van der Waals surface area contributed by atoms with Gasteiger partial charge in [-0.1, -0.05) is 19.1 Å². The standard InChI is InChI=1S/C10H12INS/c1-3-10-12-8-6-4-5-7-9(8)13(10,2)11/h4-7H,3H2,1-2H3. The molecule has 0 saturated heterocycles. The molecule has 1 heterocycles. The molecule has 1 atom stereocenters. The van der Waals surface area contributed by atoms with Crippen molar-refractivity contribution in [3.8, 4) is 0 Å². The van der Waals surface area contributed by atoms with Crippen LogP contribution in [0.25, 0.3) is 0 Å². The van der Waals surface area contributed by atoms with Crippen molar-refractivity contribution in [1.82, 2.24) is 0 Å². The number of hydrogen-bond donors (Lipinski definition) is 0. The molecule has 0 bridgehead atoms. The van der Waals surface area contributed by atoms with E-state index in [1.807, 2.05) is 0 Å². The first kappa shape index (κ1) is 9.52. The van der Waals surface area contributed by atoms with Crippen LogP contribution >= 0.6 is 28.4 Å². The summed E-state index contributed by atoms with van der Waals surface area (Å²) in [6, 6.07) is 8.50. The molecule has 1 unspecified atom stereocenters. The lowest BCUT2D eigenvalue weighted by molar-refractivity contribution is 1.30. The second-order valence-corrected chi connectivity index (χ2v) is 11.0. The van der Waals surface area contributed by atoms with Gasteiger partial charge in [0, 0.05) is 4.90 Å². The van der Waals surface area contributed by atoms with Crippen LogP contribution in [0.5, 0.6) is 0 Å². The van der Waals surface area contributed by atoms with Crippen molar-refractivity contribution in [1.29, 1.82) is 0 Å². The van der Waals surface area contributed by atoms with Gasteiger partial charge >= 0.3 is 0 Å². The first-order chi connectivity index (χ1) is 6.16. The number of hydrogen-bond acceptors (Lipinski definition) is 1. The van der Waals surface area contributed by atoms with Gasteiger partial charge in [0.25, 0.3) is 0 Å². The number of halogens is 1. The van der Waals surface area contributed by atoms with Crippen molar-refractivity contribution in [2.75, 3.05) is 6.26 Å². The highest BCUT2D eigenvalue weighted by Crippen LogP contribution is 2.68. The SMILES string of the molecule is CCC1=Nc2ccccc2S1(C)I. The minimum Gasteiger partial charge on any atom is -0.246 e. The number of benzene rings is 1. The molecule has 1 aromatic rings. The molecule has 1 aliphatic heterocycles. The first-order valence-corrected chi connectivity index (χ1v) is 8.89. The molecule has 0 spiro atoms. The van der Waals surface area contributed by atoms with Crippen molar-refractivity contribution in [3.05, 3.63) is 24.3 Å². The van der Waals surface area contributed by atoms with Gasteiger partial charge in [-0.3, -0.25) is 0 Å². The molecule has 2 rings (SSSR count). The van der Waals surface area contributed by atoms with Crippen molar-refractivity contribution in [3.63, 3.8) is 0 Å². The Morgan fingerprint density at radius 1 is 1.38 bits per heavy atom. The predicted octanol–water partition coefficient (Wildman–Crippen LogP) is 4.28. The van der Waals surface area contributed by atoms with E-state index in [9.17, 15) is 0 Å². The molecule has 1 nitrogen and oxygen atoms in total. The zero-order valence-corrected chi connectivity index (χ0v) is 10.7. The minimum absolute atomic E-state index is 0.776. The first-order valence-electron chi connectivity index (χ1n) is 4.31. The fourth-order valence-corrected chi connectivity index (χ4v) is 5.82. The van der Waals surface area contributed by atoms with Crippen LogP contribution in [0, 0.1) is 0 Å². The summed E-state index contributed by atoms with van der Waals surface area (Å²) in [5.41, 5.74) is 1.19.